The zero-order valence-corrected chi connectivity index (χ0v) is 10.4. The average Bonchev–Trinajstić information content (AvgIpc) is 2.70. The van der Waals surface area contributed by atoms with Gasteiger partial charge in [0.25, 0.3) is 0 Å². The van der Waals surface area contributed by atoms with Crippen molar-refractivity contribution >= 4 is 11.3 Å². The number of nitrogens with zero attached hydrogens (tertiary/aromatic N) is 1. The lowest BCUT2D eigenvalue weighted by atomic mass is 10.0. The van der Waals surface area contributed by atoms with E-state index in [1.165, 1.54) is 37.0 Å². The Morgan fingerprint density at radius 1 is 1.33 bits per heavy atom. The molecule has 2 nitrogen and oxygen atoms in total. The molecule has 86 valence electrons. The van der Waals surface area contributed by atoms with Crippen LogP contribution in [0.4, 0.5) is 0 Å². The molecule has 0 aliphatic carbocycles. The van der Waals surface area contributed by atoms with Crippen molar-refractivity contribution < 1.29 is 0 Å². The van der Waals surface area contributed by atoms with E-state index < -0.39 is 0 Å². The third-order valence-corrected chi connectivity index (χ3v) is 3.43. The van der Waals surface area contributed by atoms with Gasteiger partial charge in [-0.05, 0) is 12.8 Å². The van der Waals surface area contributed by atoms with Crippen LogP contribution in [0, 0.1) is 0 Å². The summed E-state index contributed by atoms with van der Waals surface area (Å²) < 4.78 is 0. The molecular formula is C12H22N2S. The first kappa shape index (κ1) is 12.7. The van der Waals surface area contributed by atoms with Crippen LogP contribution in [0.1, 0.15) is 50.3 Å². The maximum atomic E-state index is 6.06. The highest BCUT2D eigenvalue weighted by molar-refractivity contribution is 7.09. The molecule has 1 aromatic rings. The van der Waals surface area contributed by atoms with E-state index in [-0.39, 0.29) is 0 Å². The fourth-order valence-corrected chi connectivity index (χ4v) is 2.40. The SMILES string of the molecule is CCCCCCCC(N)Cc1cncs1. The summed E-state index contributed by atoms with van der Waals surface area (Å²) in [6, 6.07) is 0.326. The number of hydrogen-bond acceptors (Lipinski definition) is 3. The molecule has 1 unspecified atom stereocenters. The second-order valence-electron chi connectivity index (χ2n) is 4.13. The van der Waals surface area contributed by atoms with E-state index in [0.717, 1.165) is 12.8 Å². The smallest absolute Gasteiger partial charge is 0.0794 e. The number of nitrogens with two attached hydrogens (primary N) is 1. The minimum atomic E-state index is 0.326. The molecule has 1 atom stereocenters. The Kier molecular flexibility index (Phi) is 6.60. The Balaban J connectivity index is 2.01. The van der Waals surface area contributed by atoms with E-state index in [1.807, 2.05) is 11.7 Å². The first-order valence-electron chi connectivity index (χ1n) is 5.96. The maximum Gasteiger partial charge on any atom is 0.0794 e. The summed E-state index contributed by atoms with van der Waals surface area (Å²) in [7, 11) is 0. The molecular weight excluding hydrogens is 204 g/mol. The molecule has 0 saturated heterocycles. The van der Waals surface area contributed by atoms with Crippen molar-refractivity contribution in [3.8, 4) is 0 Å². The van der Waals surface area contributed by atoms with E-state index in [0.29, 0.717) is 6.04 Å². The zero-order valence-electron chi connectivity index (χ0n) is 9.61. The third-order valence-electron chi connectivity index (χ3n) is 2.63. The molecule has 1 rings (SSSR count). The van der Waals surface area contributed by atoms with Gasteiger partial charge >= 0.3 is 0 Å². The van der Waals surface area contributed by atoms with Crippen molar-refractivity contribution in [1.29, 1.82) is 0 Å². The Labute approximate surface area is 96.9 Å². The average molecular weight is 226 g/mol. The predicted octanol–water partition coefficient (Wildman–Crippen LogP) is 3.37. The first-order chi connectivity index (χ1) is 7.33. The van der Waals surface area contributed by atoms with Crippen molar-refractivity contribution in [3.63, 3.8) is 0 Å². The molecule has 0 amide bonds. The van der Waals surface area contributed by atoms with E-state index >= 15 is 0 Å². The van der Waals surface area contributed by atoms with Crippen LogP contribution in [0.15, 0.2) is 11.7 Å². The Morgan fingerprint density at radius 3 is 2.80 bits per heavy atom. The van der Waals surface area contributed by atoms with Crippen molar-refractivity contribution in [2.45, 2.75) is 57.9 Å². The fourth-order valence-electron chi connectivity index (χ4n) is 1.71. The first-order valence-corrected chi connectivity index (χ1v) is 6.84. The van der Waals surface area contributed by atoms with Gasteiger partial charge in [-0.2, -0.15) is 0 Å². The van der Waals surface area contributed by atoms with Crippen LogP contribution in [-0.4, -0.2) is 11.0 Å². The Bertz CT molecular complexity index is 234. The Hall–Kier alpha value is -0.410. The van der Waals surface area contributed by atoms with Crippen molar-refractivity contribution in [1.82, 2.24) is 4.98 Å². The molecule has 0 saturated carbocycles. The monoisotopic (exact) mass is 226 g/mol. The number of unbranched alkanes of at least 4 members (excludes halogenated alkanes) is 4. The van der Waals surface area contributed by atoms with Crippen LogP contribution >= 0.6 is 11.3 Å². The number of rotatable bonds is 8. The van der Waals surface area contributed by atoms with Crippen LogP contribution in [-0.2, 0) is 6.42 Å². The molecule has 0 fully saturated rings. The molecule has 0 aliphatic rings. The molecule has 1 aromatic heterocycles. The lowest BCUT2D eigenvalue weighted by molar-refractivity contribution is 0.540. The van der Waals surface area contributed by atoms with Gasteiger partial charge in [0.15, 0.2) is 0 Å². The molecule has 0 spiro atoms. The minimum Gasteiger partial charge on any atom is -0.327 e. The van der Waals surface area contributed by atoms with Gasteiger partial charge in [0.1, 0.15) is 0 Å². The number of thiazole rings is 1. The number of aromatic nitrogens is 1. The molecule has 2 N–H and O–H groups in total. The van der Waals surface area contributed by atoms with Gasteiger partial charge in [0.05, 0.1) is 5.51 Å². The van der Waals surface area contributed by atoms with Crippen LogP contribution in [0.5, 0.6) is 0 Å². The minimum absolute atomic E-state index is 0.326. The van der Waals surface area contributed by atoms with E-state index in [4.69, 9.17) is 5.73 Å². The third kappa shape index (κ3) is 5.90. The van der Waals surface area contributed by atoms with Gasteiger partial charge in [-0.1, -0.05) is 39.0 Å². The molecule has 0 aliphatic heterocycles. The maximum absolute atomic E-state index is 6.06. The zero-order chi connectivity index (χ0) is 10.9. The summed E-state index contributed by atoms with van der Waals surface area (Å²) in [5.41, 5.74) is 7.94. The molecule has 0 bridgehead atoms. The van der Waals surface area contributed by atoms with Gasteiger partial charge in [0.2, 0.25) is 0 Å². The highest BCUT2D eigenvalue weighted by atomic mass is 32.1. The second kappa shape index (κ2) is 7.83. The molecule has 0 aromatic carbocycles. The van der Waals surface area contributed by atoms with Gasteiger partial charge < -0.3 is 5.73 Å². The predicted molar refractivity (Wildman–Crippen MR) is 67.2 cm³/mol. The molecule has 3 heteroatoms. The summed E-state index contributed by atoms with van der Waals surface area (Å²) in [5.74, 6) is 0. The van der Waals surface area contributed by atoms with Gasteiger partial charge in [-0.25, -0.2) is 0 Å². The second-order valence-corrected chi connectivity index (χ2v) is 5.11. The summed E-state index contributed by atoms with van der Waals surface area (Å²) >= 11 is 1.71. The van der Waals surface area contributed by atoms with E-state index in [9.17, 15) is 0 Å². The summed E-state index contributed by atoms with van der Waals surface area (Å²) in [5, 5.41) is 0. The lowest BCUT2D eigenvalue weighted by Crippen LogP contribution is -2.22. The number of hydrogen-bond donors (Lipinski definition) is 1. The quantitative estimate of drug-likeness (QED) is 0.690. The summed E-state index contributed by atoms with van der Waals surface area (Å²) in [4.78, 5) is 5.37. The largest absolute Gasteiger partial charge is 0.327 e. The van der Waals surface area contributed by atoms with Crippen LogP contribution in [0.25, 0.3) is 0 Å². The Morgan fingerprint density at radius 2 is 2.13 bits per heavy atom. The molecule has 15 heavy (non-hydrogen) atoms. The standard InChI is InChI=1S/C12H22N2S/c1-2-3-4-5-6-7-11(13)8-12-9-14-10-15-12/h9-11H,2-8,13H2,1H3. The van der Waals surface area contributed by atoms with E-state index in [2.05, 4.69) is 11.9 Å². The topological polar surface area (TPSA) is 38.9 Å². The highest BCUT2D eigenvalue weighted by Crippen LogP contribution is 2.12. The molecule has 0 radical (unpaired) electrons. The van der Waals surface area contributed by atoms with Crippen LogP contribution < -0.4 is 5.73 Å². The molecule has 1 heterocycles. The van der Waals surface area contributed by atoms with Crippen molar-refractivity contribution in [2.24, 2.45) is 5.73 Å². The normalized spacial score (nSPS) is 12.9. The summed E-state index contributed by atoms with van der Waals surface area (Å²) in [6.45, 7) is 2.25. The van der Waals surface area contributed by atoms with Gasteiger partial charge in [0, 0.05) is 17.1 Å². The lowest BCUT2D eigenvalue weighted by Gasteiger charge is -2.09. The highest BCUT2D eigenvalue weighted by Gasteiger charge is 2.04. The van der Waals surface area contributed by atoms with Gasteiger partial charge in [-0.15, -0.1) is 11.3 Å². The van der Waals surface area contributed by atoms with Gasteiger partial charge in [-0.3, -0.25) is 4.98 Å². The van der Waals surface area contributed by atoms with Crippen molar-refractivity contribution in [2.75, 3.05) is 0 Å². The fraction of sp³-hybridized carbons (Fsp3) is 0.750. The summed E-state index contributed by atoms with van der Waals surface area (Å²) in [6.07, 6.45) is 10.7. The van der Waals surface area contributed by atoms with Crippen LogP contribution in [0.3, 0.4) is 0 Å². The van der Waals surface area contributed by atoms with E-state index in [1.54, 1.807) is 11.3 Å². The van der Waals surface area contributed by atoms with Crippen molar-refractivity contribution in [3.05, 3.63) is 16.6 Å². The van der Waals surface area contributed by atoms with Crippen LogP contribution in [0.2, 0.25) is 0 Å².